The molecule has 3 rings (SSSR count). The van der Waals surface area contributed by atoms with Crippen LogP contribution in [0.1, 0.15) is 52.5 Å². The highest BCUT2D eigenvalue weighted by Gasteiger charge is 2.51. The van der Waals surface area contributed by atoms with Crippen LogP contribution in [0.2, 0.25) is 6.32 Å². The maximum atomic E-state index is 12.7. The number of benzene rings is 1. The number of carbonyl (C=O) groups excluding carboxylic acids is 2. The Kier molecular flexibility index (Phi) is 7.32. The van der Waals surface area contributed by atoms with Crippen molar-refractivity contribution in [3.63, 3.8) is 0 Å². The predicted octanol–water partition coefficient (Wildman–Crippen LogP) is 4.06. The monoisotopic (exact) mass is 431 g/mol. The van der Waals surface area contributed by atoms with Crippen LogP contribution in [0.25, 0.3) is 0 Å². The fraction of sp³-hybridized carbons (Fsp3) is 0.652. The van der Waals surface area contributed by atoms with Gasteiger partial charge in [0.15, 0.2) is 0 Å². The zero-order valence-corrected chi connectivity index (χ0v) is 19.3. The van der Waals surface area contributed by atoms with Gasteiger partial charge in [0.05, 0.1) is 18.3 Å². The largest absolute Gasteiger partial charge is 0.467 e. The number of nitrogens with zero attached hydrogens (tertiary/aromatic N) is 1. The van der Waals surface area contributed by atoms with Crippen molar-refractivity contribution >= 4 is 19.2 Å². The normalized spacial score (nSPS) is 24.3. The Morgan fingerprint density at radius 2 is 1.77 bits per heavy atom. The fourth-order valence-electron chi connectivity index (χ4n) is 4.24. The van der Waals surface area contributed by atoms with E-state index in [1.54, 1.807) is 0 Å². The highest BCUT2D eigenvalue weighted by Crippen LogP contribution is 2.39. The number of amides is 1. The standard InChI is InChI=1S/C23H34BNO6/c1-22(2)23(3,4)31-24(30-22)14-9-12-18-13-15-25(19(18)20(26)28-5)21(27)29-16-17-10-7-6-8-11-17/h6-8,10-11,18-19H,9,12-16H2,1-5H3/t18-,19-/m0/s1. The van der Waals surface area contributed by atoms with Gasteiger partial charge >= 0.3 is 19.2 Å². The molecule has 1 amide bonds. The van der Waals surface area contributed by atoms with Gasteiger partial charge in [0.25, 0.3) is 0 Å². The first-order valence-corrected chi connectivity index (χ1v) is 11.1. The van der Waals surface area contributed by atoms with Gasteiger partial charge < -0.3 is 18.8 Å². The topological polar surface area (TPSA) is 74.3 Å². The number of carbonyl (C=O) groups is 2. The summed E-state index contributed by atoms with van der Waals surface area (Å²) in [4.78, 5) is 26.7. The fourth-order valence-corrected chi connectivity index (χ4v) is 4.24. The van der Waals surface area contributed by atoms with Crippen LogP contribution in [0.4, 0.5) is 4.79 Å². The number of ether oxygens (including phenoxy) is 2. The SMILES string of the molecule is COC(=O)[C@@H]1[C@@H](CCCB2OC(C)(C)C(C)(C)O2)CCN1C(=O)OCc1ccccc1. The van der Waals surface area contributed by atoms with Crippen LogP contribution in [0.15, 0.2) is 30.3 Å². The van der Waals surface area contributed by atoms with E-state index in [0.29, 0.717) is 6.54 Å². The molecule has 2 atom stereocenters. The second-order valence-corrected chi connectivity index (χ2v) is 9.37. The van der Waals surface area contributed by atoms with Gasteiger partial charge in [0.1, 0.15) is 12.6 Å². The van der Waals surface area contributed by atoms with Crippen molar-refractivity contribution in [1.82, 2.24) is 4.90 Å². The first-order valence-electron chi connectivity index (χ1n) is 11.1. The maximum Gasteiger partial charge on any atom is 0.457 e. The number of hydrogen-bond donors (Lipinski definition) is 0. The molecule has 0 bridgehead atoms. The Bertz CT molecular complexity index is 753. The van der Waals surface area contributed by atoms with Gasteiger partial charge in [-0.05, 0) is 58.3 Å². The molecule has 2 aliphatic heterocycles. The summed E-state index contributed by atoms with van der Waals surface area (Å²) in [6.45, 7) is 8.81. The Hall–Kier alpha value is -2.06. The zero-order chi connectivity index (χ0) is 22.6. The third-order valence-electron chi connectivity index (χ3n) is 6.72. The number of rotatable bonds is 7. The third kappa shape index (κ3) is 5.41. The van der Waals surface area contributed by atoms with Gasteiger partial charge in [0.2, 0.25) is 0 Å². The summed E-state index contributed by atoms with van der Waals surface area (Å²) in [6.07, 6.45) is 2.63. The van der Waals surface area contributed by atoms with Gasteiger partial charge in [-0.15, -0.1) is 0 Å². The molecule has 2 heterocycles. The number of hydrogen-bond acceptors (Lipinski definition) is 6. The van der Waals surface area contributed by atoms with E-state index >= 15 is 0 Å². The van der Waals surface area contributed by atoms with E-state index in [4.69, 9.17) is 18.8 Å². The molecule has 2 aliphatic rings. The molecule has 0 saturated carbocycles. The molecule has 0 aliphatic carbocycles. The van der Waals surface area contributed by atoms with Crippen LogP contribution in [-0.4, -0.2) is 55.0 Å². The Labute approximate surface area is 185 Å². The zero-order valence-electron chi connectivity index (χ0n) is 19.3. The van der Waals surface area contributed by atoms with Gasteiger partial charge in [-0.25, -0.2) is 9.59 Å². The Balaban J connectivity index is 1.53. The van der Waals surface area contributed by atoms with Gasteiger partial charge in [-0.2, -0.15) is 0 Å². The highest BCUT2D eigenvalue weighted by molar-refractivity contribution is 6.45. The molecule has 0 aromatic heterocycles. The molecule has 7 nitrogen and oxygen atoms in total. The quantitative estimate of drug-likeness (QED) is 0.479. The summed E-state index contributed by atoms with van der Waals surface area (Å²) < 4.78 is 22.6. The molecule has 0 radical (unpaired) electrons. The second-order valence-electron chi connectivity index (χ2n) is 9.37. The lowest BCUT2D eigenvalue weighted by atomic mass is 9.80. The molecule has 1 aromatic carbocycles. The number of methoxy groups -OCH3 is 1. The minimum absolute atomic E-state index is 0.0270. The molecule has 2 fully saturated rings. The third-order valence-corrected chi connectivity index (χ3v) is 6.72. The molecular weight excluding hydrogens is 397 g/mol. The van der Waals surface area contributed by atoms with Crippen molar-refractivity contribution in [3.05, 3.63) is 35.9 Å². The van der Waals surface area contributed by atoms with Crippen LogP contribution < -0.4 is 0 Å². The highest BCUT2D eigenvalue weighted by atomic mass is 16.7. The molecule has 0 spiro atoms. The summed E-state index contributed by atoms with van der Waals surface area (Å²) in [5.74, 6) is -0.367. The lowest BCUT2D eigenvalue weighted by molar-refractivity contribution is -0.146. The van der Waals surface area contributed by atoms with Crippen LogP contribution in [0.3, 0.4) is 0 Å². The maximum absolute atomic E-state index is 12.7. The summed E-state index contributed by atoms with van der Waals surface area (Å²) in [5.41, 5.74) is 0.209. The van der Waals surface area contributed by atoms with Crippen molar-refractivity contribution in [2.45, 2.75) is 77.1 Å². The first kappa shape index (κ1) is 23.6. The summed E-state index contributed by atoms with van der Waals surface area (Å²) in [6, 6.07) is 8.87. The minimum atomic E-state index is -0.619. The van der Waals surface area contributed by atoms with E-state index in [1.807, 2.05) is 58.0 Å². The lowest BCUT2D eigenvalue weighted by Gasteiger charge is -2.32. The van der Waals surface area contributed by atoms with Crippen molar-refractivity contribution in [3.8, 4) is 0 Å². The predicted molar refractivity (Wildman–Crippen MR) is 117 cm³/mol. The van der Waals surface area contributed by atoms with Crippen LogP contribution >= 0.6 is 0 Å². The van der Waals surface area contributed by atoms with Crippen LogP contribution in [-0.2, 0) is 30.2 Å². The molecule has 0 unspecified atom stereocenters. The number of likely N-dealkylation sites (tertiary alicyclic amines) is 1. The van der Waals surface area contributed by atoms with E-state index in [1.165, 1.54) is 12.0 Å². The van der Waals surface area contributed by atoms with E-state index in [2.05, 4.69) is 0 Å². The van der Waals surface area contributed by atoms with Crippen molar-refractivity contribution in [2.24, 2.45) is 5.92 Å². The van der Waals surface area contributed by atoms with Crippen molar-refractivity contribution < 1.29 is 28.4 Å². The molecule has 2 saturated heterocycles. The van der Waals surface area contributed by atoms with E-state index in [0.717, 1.165) is 31.1 Å². The van der Waals surface area contributed by atoms with Gasteiger partial charge in [0, 0.05) is 6.54 Å². The lowest BCUT2D eigenvalue weighted by Crippen LogP contribution is -2.44. The average Bonchev–Trinajstić information content (AvgIpc) is 3.23. The average molecular weight is 431 g/mol. The van der Waals surface area contributed by atoms with Crippen LogP contribution in [0, 0.1) is 5.92 Å². The molecular formula is C23H34BNO6. The molecule has 170 valence electrons. The first-order chi connectivity index (χ1) is 14.6. The van der Waals surface area contributed by atoms with Crippen molar-refractivity contribution in [2.75, 3.05) is 13.7 Å². The van der Waals surface area contributed by atoms with Crippen LogP contribution in [0.5, 0.6) is 0 Å². The smallest absolute Gasteiger partial charge is 0.457 e. The van der Waals surface area contributed by atoms with Crippen molar-refractivity contribution in [1.29, 1.82) is 0 Å². The molecule has 8 heteroatoms. The van der Waals surface area contributed by atoms with Gasteiger partial charge in [-0.3, -0.25) is 4.90 Å². The molecule has 0 N–H and O–H groups in total. The molecule has 1 aromatic rings. The summed E-state index contributed by atoms with van der Waals surface area (Å²) in [7, 11) is 1.10. The van der Waals surface area contributed by atoms with Gasteiger partial charge in [-0.1, -0.05) is 36.8 Å². The minimum Gasteiger partial charge on any atom is -0.467 e. The van der Waals surface area contributed by atoms with E-state index < -0.39 is 18.1 Å². The Morgan fingerprint density at radius 3 is 2.39 bits per heavy atom. The van der Waals surface area contributed by atoms with E-state index in [9.17, 15) is 9.59 Å². The molecule has 31 heavy (non-hydrogen) atoms. The summed E-state index contributed by atoms with van der Waals surface area (Å²) >= 11 is 0. The number of esters is 1. The second kappa shape index (κ2) is 9.61. The van der Waals surface area contributed by atoms with E-state index in [-0.39, 0.29) is 30.8 Å². The summed E-state index contributed by atoms with van der Waals surface area (Å²) in [5, 5.41) is 0. The Morgan fingerprint density at radius 1 is 1.13 bits per heavy atom.